The van der Waals surface area contributed by atoms with Crippen LogP contribution in [0.2, 0.25) is 0 Å². The number of carbonyl (C=O) groups is 1. The molecule has 92 valence electrons. The Kier molecular flexibility index (Phi) is 3.69. The van der Waals surface area contributed by atoms with Crippen molar-refractivity contribution >= 4 is 11.7 Å². The molecule has 3 N–H and O–H groups in total. The predicted molar refractivity (Wildman–Crippen MR) is 52.2 cm³/mol. The maximum Gasteiger partial charge on any atom is 0.308 e. The Hall–Kier alpha value is -2.09. The van der Waals surface area contributed by atoms with E-state index < -0.39 is 40.7 Å². The van der Waals surface area contributed by atoms with E-state index in [1.807, 2.05) is 0 Å². The van der Waals surface area contributed by atoms with Crippen LogP contribution >= 0.6 is 0 Å². The molecule has 0 aliphatic carbocycles. The van der Waals surface area contributed by atoms with Crippen LogP contribution in [0.25, 0.3) is 0 Å². The number of benzene rings is 1. The molecule has 0 radical (unpaired) electrons. The monoisotopic (exact) mass is 246 g/mol. The molecule has 0 aliphatic rings. The topological polar surface area (TPSA) is 106 Å². The van der Waals surface area contributed by atoms with Crippen LogP contribution in [0, 0.1) is 21.7 Å². The van der Waals surface area contributed by atoms with Crippen molar-refractivity contribution in [3.8, 4) is 0 Å². The number of aliphatic carboxylic acids is 1. The molecule has 1 aromatic rings. The van der Waals surface area contributed by atoms with Gasteiger partial charge in [0.25, 0.3) is 0 Å². The van der Waals surface area contributed by atoms with Gasteiger partial charge in [-0.25, -0.2) is 4.39 Å². The molecule has 0 aromatic heterocycles. The van der Waals surface area contributed by atoms with Gasteiger partial charge in [-0.05, 0) is 11.6 Å². The quantitative estimate of drug-likeness (QED) is 0.616. The first-order valence-corrected chi connectivity index (χ1v) is 4.43. The number of nitro benzene ring substituents is 1. The molecule has 17 heavy (non-hydrogen) atoms. The molecule has 1 aromatic carbocycles. The number of halogens is 2. The summed E-state index contributed by atoms with van der Waals surface area (Å²) in [5.74, 6) is -4.28. The van der Waals surface area contributed by atoms with E-state index in [4.69, 9.17) is 10.8 Å². The highest BCUT2D eigenvalue weighted by molar-refractivity contribution is 5.68. The number of carboxylic acids is 1. The Morgan fingerprint density at radius 3 is 2.59 bits per heavy atom. The van der Waals surface area contributed by atoms with Crippen LogP contribution in [0.4, 0.5) is 14.5 Å². The molecule has 0 saturated heterocycles. The van der Waals surface area contributed by atoms with Crippen molar-refractivity contribution in [1.82, 2.24) is 0 Å². The summed E-state index contributed by atoms with van der Waals surface area (Å²) < 4.78 is 26.0. The molecule has 1 atom stereocenters. The number of carboxylic acid groups (broad SMARTS) is 1. The fraction of sp³-hybridized carbons (Fsp3) is 0.222. The minimum absolute atomic E-state index is 0.141. The van der Waals surface area contributed by atoms with Crippen LogP contribution in [0.1, 0.15) is 18.0 Å². The molecule has 8 heteroatoms. The molecule has 6 nitrogen and oxygen atoms in total. The Bertz CT molecular complexity index is 478. The molecule has 0 aliphatic heterocycles. The molecule has 1 rings (SSSR count). The average molecular weight is 246 g/mol. The average Bonchev–Trinajstić information content (AvgIpc) is 2.20. The maximum absolute atomic E-state index is 13.0. The minimum atomic E-state index is -1.60. The second-order valence-electron chi connectivity index (χ2n) is 3.30. The molecule has 1 unspecified atom stereocenters. The highest BCUT2D eigenvalue weighted by atomic mass is 19.2. The Morgan fingerprint density at radius 1 is 1.53 bits per heavy atom. The largest absolute Gasteiger partial charge is 0.481 e. The van der Waals surface area contributed by atoms with Gasteiger partial charge >= 0.3 is 11.7 Å². The Labute approximate surface area is 93.8 Å². The maximum atomic E-state index is 13.0. The Morgan fingerprint density at radius 2 is 2.12 bits per heavy atom. The van der Waals surface area contributed by atoms with E-state index in [1.165, 1.54) is 0 Å². The van der Waals surface area contributed by atoms with Crippen molar-refractivity contribution in [3.63, 3.8) is 0 Å². The standard InChI is InChI=1S/C9H8F2N2O4/c10-5-1-4(6(12)3-8(14)15)2-7(9(5)11)13(16)17/h1-2,6H,3,12H2,(H,14,15). The van der Waals surface area contributed by atoms with E-state index in [9.17, 15) is 23.7 Å². The first-order valence-electron chi connectivity index (χ1n) is 4.43. The lowest BCUT2D eigenvalue weighted by Crippen LogP contribution is -2.16. The fourth-order valence-electron chi connectivity index (χ4n) is 1.25. The second kappa shape index (κ2) is 4.83. The van der Waals surface area contributed by atoms with Crippen molar-refractivity contribution in [2.75, 3.05) is 0 Å². The summed E-state index contributed by atoms with van der Waals surface area (Å²) in [5, 5.41) is 18.9. The van der Waals surface area contributed by atoms with Crippen LogP contribution in [-0.4, -0.2) is 16.0 Å². The summed E-state index contributed by atoms with van der Waals surface area (Å²) in [4.78, 5) is 19.7. The zero-order valence-electron chi connectivity index (χ0n) is 8.39. The smallest absolute Gasteiger partial charge is 0.308 e. The van der Waals surface area contributed by atoms with Crippen molar-refractivity contribution in [1.29, 1.82) is 0 Å². The summed E-state index contributed by atoms with van der Waals surface area (Å²) in [5.41, 5.74) is 4.18. The molecule has 0 fully saturated rings. The van der Waals surface area contributed by atoms with Gasteiger partial charge in [0.05, 0.1) is 11.3 Å². The number of nitrogens with two attached hydrogens (primary N) is 1. The lowest BCUT2D eigenvalue weighted by Gasteiger charge is -2.09. The van der Waals surface area contributed by atoms with Crippen molar-refractivity contribution in [2.24, 2.45) is 5.73 Å². The predicted octanol–water partition coefficient (Wildman–Crippen LogP) is 1.35. The number of nitro groups is 1. The van der Waals surface area contributed by atoms with Gasteiger partial charge in [-0.15, -0.1) is 0 Å². The first kappa shape index (κ1) is 13.0. The SMILES string of the molecule is NC(CC(=O)O)c1cc(F)c(F)c([N+](=O)[O-])c1. The fourth-order valence-corrected chi connectivity index (χ4v) is 1.25. The van der Waals surface area contributed by atoms with Gasteiger partial charge < -0.3 is 10.8 Å². The summed E-state index contributed by atoms with van der Waals surface area (Å²) >= 11 is 0. The summed E-state index contributed by atoms with van der Waals surface area (Å²) in [6, 6.07) is 0.239. The second-order valence-corrected chi connectivity index (χ2v) is 3.30. The van der Waals surface area contributed by atoms with E-state index in [-0.39, 0.29) is 5.56 Å². The van der Waals surface area contributed by atoms with Gasteiger partial charge in [-0.3, -0.25) is 14.9 Å². The number of hydrogen-bond donors (Lipinski definition) is 2. The molecule has 0 amide bonds. The van der Waals surface area contributed by atoms with E-state index >= 15 is 0 Å². The highest BCUT2D eigenvalue weighted by Gasteiger charge is 2.22. The lowest BCUT2D eigenvalue weighted by atomic mass is 10.0. The van der Waals surface area contributed by atoms with E-state index in [2.05, 4.69) is 0 Å². The van der Waals surface area contributed by atoms with Gasteiger partial charge in [0.15, 0.2) is 5.82 Å². The van der Waals surface area contributed by atoms with Crippen LogP contribution < -0.4 is 5.73 Å². The van der Waals surface area contributed by atoms with E-state index in [1.54, 1.807) is 0 Å². The van der Waals surface area contributed by atoms with E-state index in [0.29, 0.717) is 6.07 Å². The first-order chi connectivity index (χ1) is 7.82. The molecular weight excluding hydrogens is 238 g/mol. The van der Waals surface area contributed by atoms with Crippen LogP contribution in [0.15, 0.2) is 12.1 Å². The molecule has 0 saturated carbocycles. The molecule has 0 spiro atoms. The summed E-state index contributed by atoms with van der Waals surface area (Å²) in [6.45, 7) is 0. The van der Waals surface area contributed by atoms with Gasteiger partial charge in [0.1, 0.15) is 0 Å². The zero-order valence-corrected chi connectivity index (χ0v) is 8.39. The van der Waals surface area contributed by atoms with Crippen LogP contribution in [0.5, 0.6) is 0 Å². The Balaban J connectivity index is 3.18. The van der Waals surface area contributed by atoms with Crippen molar-refractivity contribution in [3.05, 3.63) is 39.4 Å². The third-order valence-electron chi connectivity index (χ3n) is 2.05. The van der Waals surface area contributed by atoms with Gasteiger partial charge in [-0.1, -0.05) is 0 Å². The van der Waals surface area contributed by atoms with Gasteiger partial charge in [-0.2, -0.15) is 4.39 Å². The number of hydrogen-bond acceptors (Lipinski definition) is 4. The molecular formula is C9H8F2N2O4. The third-order valence-corrected chi connectivity index (χ3v) is 2.05. The zero-order chi connectivity index (χ0) is 13.2. The van der Waals surface area contributed by atoms with Crippen LogP contribution in [-0.2, 0) is 4.79 Å². The molecule has 0 bridgehead atoms. The van der Waals surface area contributed by atoms with Crippen LogP contribution in [0.3, 0.4) is 0 Å². The van der Waals surface area contributed by atoms with E-state index in [0.717, 1.165) is 6.07 Å². The summed E-state index contributed by atoms with van der Waals surface area (Å²) in [6.07, 6.45) is -0.539. The highest BCUT2D eigenvalue weighted by Crippen LogP contribution is 2.25. The molecule has 0 heterocycles. The van der Waals surface area contributed by atoms with Gasteiger partial charge in [0, 0.05) is 12.1 Å². The third kappa shape index (κ3) is 2.94. The van der Waals surface area contributed by atoms with Crippen molar-refractivity contribution < 1.29 is 23.6 Å². The lowest BCUT2D eigenvalue weighted by molar-refractivity contribution is -0.387. The normalized spacial score (nSPS) is 12.2. The van der Waals surface area contributed by atoms with Crippen molar-refractivity contribution in [2.45, 2.75) is 12.5 Å². The number of rotatable bonds is 4. The minimum Gasteiger partial charge on any atom is -0.481 e. The summed E-state index contributed by atoms with van der Waals surface area (Å²) in [7, 11) is 0. The van der Waals surface area contributed by atoms with Gasteiger partial charge in [0.2, 0.25) is 5.82 Å². The number of nitrogens with zero attached hydrogens (tertiary/aromatic N) is 1.